The van der Waals surface area contributed by atoms with Gasteiger partial charge < -0.3 is 0 Å². The van der Waals surface area contributed by atoms with Crippen molar-refractivity contribution in [3.05, 3.63) is 0 Å². The average molecular weight is 76.1 g/mol. The van der Waals surface area contributed by atoms with E-state index in [1.807, 2.05) is 0 Å². The van der Waals surface area contributed by atoms with Crippen LogP contribution in [0.25, 0.3) is 0 Å². The van der Waals surface area contributed by atoms with Crippen molar-refractivity contribution in [2.75, 3.05) is 0 Å². The summed E-state index contributed by atoms with van der Waals surface area (Å²) in [6, 6.07) is 0. The lowest BCUT2D eigenvalue weighted by Crippen LogP contribution is -1.22. The van der Waals surface area contributed by atoms with Gasteiger partial charge in [-0.15, -0.1) is 0 Å². The average Bonchev–Trinajstić information content (AvgIpc) is 0.918. The van der Waals surface area contributed by atoms with Crippen LogP contribution in [0.5, 0.6) is 0 Å². The molecule has 0 spiro atoms. The molecule has 0 heterocycles. The molecule has 3 nitrogen and oxygen atoms in total. The Bertz CT molecular complexity index is 25.9. The molecular weight excluding hydrogens is 72.0 g/mol. The summed E-state index contributed by atoms with van der Waals surface area (Å²) in [5.74, 6) is 0. The molecule has 0 N–H and O–H groups in total. The predicted octanol–water partition coefficient (Wildman–Crippen LogP) is -0.0662. The number of carbonyl (C=O) groups excluding carboxylic acids is 2. The van der Waals surface area contributed by atoms with E-state index < -0.39 is 0 Å². The van der Waals surface area contributed by atoms with Gasteiger partial charge in [-0.25, -0.2) is 0 Å². The first-order valence-corrected chi connectivity index (χ1v) is 0.408. The van der Waals surface area contributed by atoms with E-state index >= 15 is 0 Å². The van der Waals surface area contributed by atoms with Gasteiger partial charge >= 0.3 is 6.15 Å². The molecule has 0 aromatic rings. The number of hydrogen-bond donors (Lipinski definition) is 0. The Morgan fingerprint density at radius 1 is 1.20 bits per heavy atom. The van der Waals surface area contributed by atoms with Crippen LogP contribution in [0.15, 0.2) is 0 Å². The van der Waals surface area contributed by atoms with Crippen LogP contribution in [-0.2, 0) is 15.1 Å². The minimum absolute atomic E-state index is 0. The van der Waals surface area contributed by atoms with Crippen LogP contribution in [0.4, 0.5) is 0 Å². The Labute approximate surface area is 29.9 Å². The first kappa shape index (κ1) is 27.0. The Kier molecular flexibility index (Phi) is 853. The molecule has 0 aliphatic heterocycles. The van der Waals surface area contributed by atoms with Crippen molar-refractivity contribution < 1.29 is 15.1 Å². The first-order chi connectivity index (χ1) is 1.41. The summed E-state index contributed by atoms with van der Waals surface area (Å²) in [5, 5.41) is 0. The highest BCUT2D eigenvalue weighted by molar-refractivity contribution is 5.20. The summed E-state index contributed by atoms with van der Waals surface area (Å²) >= 11 is 0. The Hall–Kier alpha value is -0.660. The zero-order chi connectivity index (χ0) is 2.71. The van der Waals surface area contributed by atoms with Gasteiger partial charge in [0.1, 0.15) is 0 Å². The molecule has 3 heteroatoms. The van der Waals surface area contributed by atoms with E-state index in [-0.39, 0.29) is 19.1 Å². The SMILES string of the molecule is C.O=C=O.[O]. The van der Waals surface area contributed by atoms with E-state index in [4.69, 9.17) is 9.59 Å². The Morgan fingerprint density at radius 2 is 1.20 bits per heavy atom. The molecule has 0 bridgehead atoms. The highest BCUT2D eigenvalue weighted by atomic mass is 16.2. The van der Waals surface area contributed by atoms with Crippen molar-refractivity contribution in [1.29, 1.82) is 0 Å². The molecule has 0 fully saturated rings. The van der Waals surface area contributed by atoms with Crippen molar-refractivity contribution in [3.8, 4) is 0 Å². The fraction of sp³-hybridized carbons (Fsp3) is 0.500. The molecule has 0 atom stereocenters. The van der Waals surface area contributed by atoms with Gasteiger partial charge in [-0.1, -0.05) is 7.43 Å². The summed E-state index contributed by atoms with van der Waals surface area (Å²) in [4.78, 5) is 16.2. The molecule has 0 aromatic carbocycles. The maximum absolute atomic E-state index is 8.12. The van der Waals surface area contributed by atoms with E-state index in [0.717, 1.165) is 0 Å². The fourth-order valence-electron chi connectivity index (χ4n) is 0. The van der Waals surface area contributed by atoms with E-state index in [2.05, 4.69) is 0 Å². The second-order valence-electron chi connectivity index (χ2n) is 0.0833. The van der Waals surface area contributed by atoms with Gasteiger partial charge in [-0.05, 0) is 0 Å². The lowest BCUT2D eigenvalue weighted by molar-refractivity contribution is -0.191. The molecule has 0 saturated carbocycles. The maximum atomic E-state index is 8.12. The highest BCUT2D eigenvalue weighted by Gasteiger charge is 1.13. The van der Waals surface area contributed by atoms with Crippen LogP contribution in [0.3, 0.4) is 0 Å². The summed E-state index contributed by atoms with van der Waals surface area (Å²) in [6.07, 6.45) is 0.250. The standard InChI is InChI=1S/CO2.CH4.O/c2-1-3;;/h;1H4;. The summed E-state index contributed by atoms with van der Waals surface area (Å²) < 4.78 is 0. The van der Waals surface area contributed by atoms with Crippen molar-refractivity contribution in [1.82, 2.24) is 0 Å². The summed E-state index contributed by atoms with van der Waals surface area (Å²) in [7, 11) is 0. The number of rotatable bonds is 0. The van der Waals surface area contributed by atoms with E-state index in [1.54, 1.807) is 0 Å². The normalized spacial score (nSPS) is 1.60. The molecule has 2 radical (unpaired) electrons. The van der Waals surface area contributed by atoms with E-state index in [1.165, 1.54) is 0 Å². The van der Waals surface area contributed by atoms with Crippen LogP contribution in [0, 0.1) is 0 Å². The van der Waals surface area contributed by atoms with E-state index in [9.17, 15) is 0 Å². The molecule has 0 unspecified atom stereocenters. The van der Waals surface area contributed by atoms with Gasteiger partial charge in [0.05, 0.1) is 0 Å². The molecule has 0 aromatic heterocycles. The molecule has 5 heavy (non-hydrogen) atoms. The van der Waals surface area contributed by atoms with Crippen molar-refractivity contribution in [3.63, 3.8) is 0 Å². The molecule has 0 aliphatic rings. The van der Waals surface area contributed by atoms with Crippen LogP contribution in [0.2, 0.25) is 0 Å². The van der Waals surface area contributed by atoms with Crippen LogP contribution in [-0.4, -0.2) is 6.15 Å². The zero-order valence-electron chi connectivity index (χ0n) is 1.72. The Morgan fingerprint density at radius 3 is 1.20 bits per heavy atom. The molecule has 0 aliphatic carbocycles. The molecule has 30 valence electrons. The number of hydrogen-bond acceptors (Lipinski definition) is 2. The fourth-order valence-corrected chi connectivity index (χ4v) is 0. The van der Waals surface area contributed by atoms with Crippen LogP contribution in [0.1, 0.15) is 7.43 Å². The predicted molar refractivity (Wildman–Crippen MR) is 12.4 cm³/mol. The second kappa shape index (κ2) is 158. The van der Waals surface area contributed by atoms with Crippen molar-refractivity contribution >= 4 is 6.15 Å². The summed E-state index contributed by atoms with van der Waals surface area (Å²) in [5.41, 5.74) is 0. The minimum Gasteiger partial charge on any atom is -0.186 e. The maximum Gasteiger partial charge on any atom is 0.373 e. The third-order valence-electron chi connectivity index (χ3n) is 0. The van der Waals surface area contributed by atoms with Gasteiger partial charge in [-0.3, -0.25) is 0 Å². The van der Waals surface area contributed by atoms with Crippen molar-refractivity contribution in [2.24, 2.45) is 0 Å². The molecule has 0 rings (SSSR count). The van der Waals surface area contributed by atoms with Gasteiger partial charge in [0.15, 0.2) is 0 Å². The van der Waals surface area contributed by atoms with Gasteiger partial charge in [-0.2, -0.15) is 9.59 Å². The van der Waals surface area contributed by atoms with Gasteiger partial charge in [0.25, 0.3) is 0 Å². The highest BCUT2D eigenvalue weighted by Crippen LogP contribution is 0.787. The minimum atomic E-state index is 0. The van der Waals surface area contributed by atoms with Gasteiger partial charge in [0, 0.05) is 5.48 Å². The lowest BCUT2D eigenvalue weighted by atomic mass is 11.8. The molecular formula is C2H4O3. The smallest absolute Gasteiger partial charge is 0.186 e. The van der Waals surface area contributed by atoms with Crippen LogP contribution >= 0.6 is 0 Å². The second-order valence-corrected chi connectivity index (χ2v) is 0.0833. The largest absolute Gasteiger partial charge is 0.373 e. The zero-order valence-corrected chi connectivity index (χ0v) is 1.72. The first-order valence-electron chi connectivity index (χ1n) is 0.408. The monoisotopic (exact) mass is 76.0 g/mol. The van der Waals surface area contributed by atoms with Gasteiger partial charge in [0.2, 0.25) is 0 Å². The molecule has 0 amide bonds. The quantitative estimate of drug-likeness (QED) is 0.405. The third kappa shape index (κ3) is 13.8. The van der Waals surface area contributed by atoms with Crippen LogP contribution < -0.4 is 0 Å². The Balaban J connectivity index is -0.0000000200. The van der Waals surface area contributed by atoms with Crippen molar-refractivity contribution in [2.45, 2.75) is 7.43 Å². The lowest BCUT2D eigenvalue weighted by Gasteiger charge is -0.945. The topological polar surface area (TPSA) is 62.6 Å². The van der Waals surface area contributed by atoms with E-state index in [0.29, 0.717) is 0 Å². The third-order valence-corrected chi connectivity index (χ3v) is 0. The summed E-state index contributed by atoms with van der Waals surface area (Å²) in [6.45, 7) is 0. The molecule has 0 saturated heterocycles.